The number of ether oxygens (including phenoxy) is 1. The summed E-state index contributed by atoms with van der Waals surface area (Å²) in [5.74, 6) is -4.90. The van der Waals surface area contributed by atoms with E-state index in [0.717, 1.165) is 0 Å². The molecular formula is C11H16O6. The maximum absolute atomic E-state index is 11.6. The molecule has 0 aliphatic carbocycles. The van der Waals surface area contributed by atoms with Gasteiger partial charge in [-0.05, 0) is 13.3 Å². The number of hydrogen-bond acceptors (Lipinski definition) is 4. The molecule has 0 aliphatic rings. The second-order valence-corrected chi connectivity index (χ2v) is 3.64. The standard InChI is InChI=1S/C11H16O6/c1-4-6(2)17-11(16)8(5-9(12)13)7(3)10(14)15/h6,8H,3-5H2,1-2H3,(H,12,13)(H,14,15). The number of carboxylic acid groups (broad SMARTS) is 2. The summed E-state index contributed by atoms with van der Waals surface area (Å²) in [6, 6.07) is 0. The second-order valence-electron chi connectivity index (χ2n) is 3.64. The van der Waals surface area contributed by atoms with E-state index >= 15 is 0 Å². The molecule has 0 amide bonds. The highest BCUT2D eigenvalue weighted by Gasteiger charge is 2.30. The van der Waals surface area contributed by atoms with Crippen LogP contribution in [0.25, 0.3) is 0 Å². The molecule has 17 heavy (non-hydrogen) atoms. The zero-order valence-corrected chi connectivity index (χ0v) is 9.80. The first-order valence-corrected chi connectivity index (χ1v) is 5.13. The van der Waals surface area contributed by atoms with E-state index in [-0.39, 0.29) is 6.10 Å². The summed E-state index contributed by atoms with van der Waals surface area (Å²) in [5.41, 5.74) is -0.472. The molecule has 0 bridgehead atoms. The number of hydrogen-bond donors (Lipinski definition) is 2. The van der Waals surface area contributed by atoms with Crippen LogP contribution in [0, 0.1) is 5.92 Å². The van der Waals surface area contributed by atoms with E-state index in [1.807, 2.05) is 0 Å². The summed E-state index contributed by atoms with van der Waals surface area (Å²) in [5, 5.41) is 17.3. The Bertz CT molecular complexity index is 333. The summed E-state index contributed by atoms with van der Waals surface area (Å²) in [6.45, 7) is 6.62. The first-order chi connectivity index (χ1) is 7.79. The fourth-order valence-corrected chi connectivity index (χ4v) is 1.04. The van der Waals surface area contributed by atoms with Crippen molar-refractivity contribution >= 4 is 17.9 Å². The molecule has 6 nitrogen and oxygen atoms in total. The van der Waals surface area contributed by atoms with Gasteiger partial charge < -0.3 is 14.9 Å². The lowest BCUT2D eigenvalue weighted by molar-refractivity contribution is -0.156. The first kappa shape index (κ1) is 15.2. The normalized spacial score (nSPS) is 13.5. The van der Waals surface area contributed by atoms with Gasteiger partial charge in [0.05, 0.1) is 18.4 Å². The Balaban J connectivity index is 4.79. The van der Waals surface area contributed by atoms with Crippen LogP contribution in [0.1, 0.15) is 26.7 Å². The Kier molecular flexibility index (Phi) is 5.95. The minimum atomic E-state index is -1.41. The van der Waals surface area contributed by atoms with Gasteiger partial charge in [-0.2, -0.15) is 0 Å². The molecule has 0 radical (unpaired) electrons. The molecule has 2 N–H and O–H groups in total. The molecular weight excluding hydrogens is 228 g/mol. The van der Waals surface area contributed by atoms with E-state index < -0.39 is 35.8 Å². The van der Waals surface area contributed by atoms with Crippen molar-refractivity contribution in [3.63, 3.8) is 0 Å². The van der Waals surface area contributed by atoms with Gasteiger partial charge in [0.15, 0.2) is 0 Å². The smallest absolute Gasteiger partial charge is 0.331 e. The van der Waals surface area contributed by atoms with Crippen LogP contribution in [-0.2, 0) is 19.1 Å². The van der Waals surface area contributed by atoms with Crippen molar-refractivity contribution in [2.75, 3.05) is 0 Å². The summed E-state index contributed by atoms with van der Waals surface area (Å²) in [6.07, 6.45) is -0.466. The SMILES string of the molecule is C=C(C(=O)O)C(CC(=O)O)C(=O)OC(C)CC. The summed E-state index contributed by atoms with van der Waals surface area (Å²) in [7, 11) is 0. The van der Waals surface area contributed by atoms with E-state index in [1.54, 1.807) is 13.8 Å². The minimum absolute atomic E-state index is 0.389. The topological polar surface area (TPSA) is 101 Å². The maximum atomic E-state index is 11.6. The van der Waals surface area contributed by atoms with Gasteiger partial charge in [-0.25, -0.2) is 4.79 Å². The van der Waals surface area contributed by atoms with E-state index in [0.29, 0.717) is 6.42 Å². The van der Waals surface area contributed by atoms with Crippen molar-refractivity contribution in [3.8, 4) is 0 Å². The summed E-state index contributed by atoms with van der Waals surface area (Å²) < 4.78 is 4.91. The molecule has 6 heteroatoms. The maximum Gasteiger partial charge on any atom is 0.331 e. The molecule has 0 aromatic heterocycles. The van der Waals surface area contributed by atoms with Gasteiger partial charge in [0.25, 0.3) is 0 Å². The zero-order valence-electron chi connectivity index (χ0n) is 9.80. The molecule has 2 atom stereocenters. The van der Waals surface area contributed by atoms with Crippen molar-refractivity contribution in [1.29, 1.82) is 0 Å². The number of rotatable bonds is 7. The lowest BCUT2D eigenvalue weighted by Crippen LogP contribution is -2.28. The lowest BCUT2D eigenvalue weighted by Gasteiger charge is -2.17. The van der Waals surface area contributed by atoms with Crippen molar-refractivity contribution < 1.29 is 29.3 Å². The third-order valence-corrected chi connectivity index (χ3v) is 2.25. The number of carboxylic acids is 2. The highest BCUT2D eigenvalue weighted by atomic mass is 16.5. The molecule has 0 aliphatic heterocycles. The molecule has 0 aromatic rings. The fraction of sp³-hybridized carbons (Fsp3) is 0.545. The number of esters is 1. The van der Waals surface area contributed by atoms with Gasteiger partial charge in [0.2, 0.25) is 0 Å². The molecule has 2 unspecified atom stereocenters. The highest BCUT2D eigenvalue weighted by Crippen LogP contribution is 2.17. The van der Waals surface area contributed by atoms with E-state index in [1.165, 1.54) is 0 Å². The molecule has 0 saturated heterocycles. The van der Waals surface area contributed by atoms with Gasteiger partial charge in [-0.15, -0.1) is 0 Å². The van der Waals surface area contributed by atoms with E-state index in [9.17, 15) is 14.4 Å². The highest BCUT2D eigenvalue weighted by molar-refractivity contribution is 5.95. The Hall–Kier alpha value is -1.85. The van der Waals surface area contributed by atoms with Crippen LogP contribution < -0.4 is 0 Å². The first-order valence-electron chi connectivity index (χ1n) is 5.13. The average Bonchev–Trinajstić information content (AvgIpc) is 2.24. The molecule has 0 spiro atoms. The average molecular weight is 244 g/mol. The van der Waals surface area contributed by atoms with Crippen LogP contribution in [0.4, 0.5) is 0 Å². The third-order valence-electron chi connectivity index (χ3n) is 2.25. The Morgan fingerprint density at radius 2 is 1.82 bits per heavy atom. The third kappa shape index (κ3) is 5.14. The number of carbonyl (C=O) groups excluding carboxylic acids is 1. The van der Waals surface area contributed by atoms with Crippen molar-refractivity contribution in [2.24, 2.45) is 5.92 Å². The Morgan fingerprint density at radius 1 is 1.29 bits per heavy atom. The molecule has 96 valence electrons. The second kappa shape index (κ2) is 6.67. The van der Waals surface area contributed by atoms with Gasteiger partial charge in [0, 0.05) is 5.57 Å². The molecule has 0 aromatic carbocycles. The van der Waals surface area contributed by atoms with Crippen LogP contribution in [-0.4, -0.2) is 34.2 Å². The summed E-state index contributed by atoms with van der Waals surface area (Å²) in [4.78, 5) is 32.8. The van der Waals surface area contributed by atoms with Gasteiger partial charge >= 0.3 is 17.9 Å². The number of carbonyl (C=O) groups is 3. The predicted molar refractivity (Wildman–Crippen MR) is 58.4 cm³/mol. The van der Waals surface area contributed by atoms with Crippen molar-refractivity contribution in [3.05, 3.63) is 12.2 Å². The van der Waals surface area contributed by atoms with Crippen LogP contribution in [0.5, 0.6) is 0 Å². The largest absolute Gasteiger partial charge is 0.481 e. The van der Waals surface area contributed by atoms with Crippen molar-refractivity contribution in [1.82, 2.24) is 0 Å². The predicted octanol–water partition coefficient (Wildman–Crippen LogP) is 1.06. The molecule has 0 fully saturated rings. The zero-order chi connectivity index (χ0) is 13.6. The van der Waals surface area contributed by atoms with E-state index in [4.69, 9.17) is 14.9 Å². The molecule has 0 heterocycles. The van der Waals surface area contributed by atoms with Crippen LogP contribution in [0.3, 0.4) is 0 Å². The fourth-order valence-electron chi connectivity index (χ4n) is 1.04. The molecule has 0 saturated carbocycles. The molecule has 0 rings (SSSR count). The van der Waals surface area contributed by atoms with Crippen molar-refractivity contribution in [2.45, 2.75) is 32.8 Å². The minimum Gasteiger partial charge on any atom is -0.481 e. The lowest BCUT2D eigenvalue weighted by atomic mass is 9.97. The van der Waals surface area contributed by atoms with Crippen LogP contribution in [0.15, 0.2) is 12.2 Å². The number of aliphatic carboxylic acids is 2. The van der Waals surface area contributed by atoms with Crippen LogP contribution >= 0.6 is 0 Å². The quantitative estimate of drug-likeness (QED) is 0.513. The van der Waals surface area contributed by atoms with Crippen LogP contribution in [0.2, 0.25) is 0 Å². The van der Waals surface area contributed by atoms with E-state index in [2.05, 4.69) is 6.58 Å². The summed E-state index contributed by atoms with van der Waals surface area (Å²) >= 11 is 0. The monoisotopic (exact) mass is 244 g/mol. The van der Waals surface area contributed by atoms with Gasteiger partial charge in [0.1, 0.15) is 0 Å². The van der Waals surface area contributed by atoms with Gasteiger partial charge in [-0.1, -0.05) is 13.5 Å². The Labute approximate surface area is 98.9 Å². The Morgan fingerprint density at radius 3 is 2.18 bits per heavy atom. The van der Waals surface area contributed by atoms with Gasteiger partial charge in [-0.3, -0.25) is 9.59 Å².